The molecule has 0 spiro atoms. The maximum atomic E-state index is 12.8. The van der Waals surface area contributed by atoms with E-state index in [9.17, 15) is 9.59 Å². The lowest BCUT2D eigenvalue weighted by molar-refractivity contribution is -0.122. The lowest BCUT2D eigenvalue weighted by atomic mass is 9.91. The quantitative estimate of drug-likeness (QED) is 0.618. The zero-order valence-electron chi connectivity index (χ0n) is 17.7. The summed E-state index contributed by atoms with van der Waals surface area (Å²) in [7, 11) is 1.63. The fourth-order valence-electron chi connectivity index (χ4n) is 3.64. The molecular weight excluding hydrogens is 380 g/mol. The molecule has 0 saturated carbocycles. The van der Waals surface area contributed by atoms with Crippen molar-refractivity contribution in [3.8, 4) is 5.75 Å². The van der Waals surface area contributed by atoms with Crippen LogP contribution in [0.3, 0.4) is 0 Å². The van der Waals surface area contributed by atoms with Gasteiger partial charge in [0.2, 0.25) is 0 Å². The SMILES string of the molecule is COCCCNC(=O)c1ccccc1NC(=O)[C@H](C)Oc1cccc2c1CCCC2. The number of fused-ring (bicyclic) bond motifs is 1. The third-order valence-corrected chi connectivity index (χ3v) is 5.27. The van der Waals surface area contributed by atoms with E-state index in [1.807, 2.05) is 12.1 Å². The molecule has 0 radical (unpaired) electrons. The molecule has 0 unspecified atom stereocenters. The van der Waals surface area contributed by atoms with Crippen LogP contribution in [0.15, 0.2) is 42.5 Å². The number of para-hydroxylation sites is 1. The van der Waals surface area contributed by atoms with Crippen molar-refractivity contribution in [2.24, 2.45) is 0 Å². The average Bonchev–Trinajstić information content (AvgIpc) is 2.77. The summed E-state index contributed by atoms with van der Waals surface area (Å²) in [4.78, 5) is 25.3. The first kappa shape index (κ1) is 21.8. The van der Waals surface area contributed by atoms with Crippen LogP contribution in [0, 0.1) is 0 Å². The fourth-order valence-corrected chi connectivity index (χ4v) is 3.64. The van der Waals surface area contributed by atoms with Crippen LogP contribution in [0.2, 0.25) is 0 Å². The second-order valence-electron chi connectivity index (χ2n) is 7.50. The maximum Gasteiger partial charge on any atom is 0.265 e. The molecule has 1 atom stereocenters. The van der Waals surface area contributed by atoms with Gasteiger partial charge in [0.05, 0.1) is 11.3 Å². The first-order chi connectivity index (χ1) is 14.6. The molecule has 0 fully saturated rings. The van der Waals surface area contributed by atoms with Crippen LogP contribution in [0.25, 0.3) is 0 Å². The Morgan fingerprint density at radius 2 is 1.87 bits per heavy atom. The zero-order valence-corrected chi connectivity index (χ0v) is 17.7. The van der Waals surface area contributed by atoms with Crippen LogP contribution in [0.4, 0.5) is 5.69 Å². The first-order valence-electron chi connectivity index (χ1n) is 10.5. The topological polar surface area (TPSA) is 76.7 Å². The minimum atomic E-state index is -0.684. The molecule has 6 nitrogen and oxygen atoms in total. The van der Waals surface area contributed by atoms with Gasteiger partial charge < -0.3 is 20.1 Å². The molecule has 1 aliphatic carbocycles. The highest BCUT2D eigenvalue weighted by molar-refractivity contribution is 6.04. The number of aryl methyl sites for hydroxylation is 1. The highest BCUT2D eigenvalue weighted by Gasteiger charge is 2.21. The van der Waals surface area contributed by atoms with Gasteiger partial charge in [0, 0.05) is 20.3 Å². The van der Waals surface area contributed by atoms with Crippen LogP contribution in [-0.2, 0) is 22.4 Å². The zero-order chi connectivity index (χ0) is 21.3. The predicted molar refractivity (Wildman–Crippen MR) is 117 cm³/mol. The Kier molecular flexibility index (Phi) is 7.85. The monoisotopic (exact) mass is 410 g/mol. The Morgan fingerprint density at radius 1 is 1.07 bits per heavy atom. The maximum absolute atomic E-state index is 12.8. The first-order valence-corrected chi connectivity index (χ1v) is 10.5. The normalized spacial score (nSPS) is 13.8. The van der Waals surface area contributed by atoms with Gasteiger partial charge in [-0.05, 0) is 68.4 Å². The van der Waals surface area contributed by atoms with Crippen molar-refractivity contribution in [2.45, 2.75) is 45.1 Å². The smallest absolute Gasteiger partial charge is 0.265 e. The molecule has 6 heteroatoms. The van der Waals surface area contributed by atoms with Gasteiger partial charge in [-0.3, -0.25) is 9.59 Å². The van der Waals surface area contributed by atoms with E-state index in [0.717, 1.165) is 31.4 Å². The predicted octanol–water partition coefficient (Wildman–Crippen LogP) is 3.74. The van der Waals surface area contributed by atoms with Crippen molar-refractivity contribution in [3.05, 3.63) is 59.2 Å². The van der Waals surface area contributed by atoms with Gasteiger partial charge in [-0.2, -0.15) is 0 Å². The van der Waals surface area contributed by atoms with E-state index in [1.54, 1.807) is 38.3 Å². The second-order valence-corrected chi connectivity index (χ2v) is 7.50. The number of anilines is 1. The van der Waals surface area contributed by atoms with Gasteiger partial charge in [0.15, 0.2) is 6.10 Å². The van der Waals surface area contributed by atoms with Gasteiger partial charge in [-0.1, -0.05) is 24.3 Å². The molecule has 2 N–H and O–H groups in total. The number of rotatable bonds is 9. The third-order valence-electron chi connectivity index (χ3n) is 5.27. The molecule has 2 aromatic carbocycles. The molecule has 0 heterocycles. The number of carbonyl (C=O) groups excluding carboxylic acids is 2. The van der Waals surface area contributed by atoms with E-state index in [0.29, 0.717) is 24.4 Å². The van der Waals surface area contributed by atoms with Crippen molar-refractivity contribution >= 4 is 17.5 Å². The molecule has 2 aromatic rings. The summed E-state index contributed by atoms with van der Waals surface area (Å²) in [6.07, 6.45) is 4.41. The minimum absolute atomic E-state index is 0.229. The number of hydrogen-bond donors (Lipinski definition) is 2. The number of methoxy groups -OCH3 is 1. The van der Waals surface area contributed by atoms with Crippen LogP contribution in [0.5, 0.6) is 5.75 Å². The highest BCUT2D eigenvalue weighted by Crippen LogP contribution is 2.30. The van der Waals surface area contributed by atoms with E-state index in [-0.39, 0.29) is 11.8 Å². The van der Waals surface area contributed by atoms with Crippen LogP contribution in [0.1, 0.15) is 47.7 Å². The fraction of sp³-hybridized carbons (Fsp3) is 0.417. The van der Waals surface area contributed by atoms with E-state index in [4.69, 9.17) is 9.47 Å². The Morgan fingerprint density at radius 3 is 2.70 bits per heavy atom. The lowest BCUT2D eigenvalue weighted by Crippen LogP contribution is -2.32. The third kappa shape index (κ3) is 5.60. The summed E-state index contributed by atoms with van der Waals surface area (Å²) < 4.78 is 11.0. The van der Waals surface area contributed by atoms with Gasteiger partial charge in [0.25, 0.3) is 11.8 Å². The second kappa shape index (κ2) is 10.8. The van der Waals surface area contributed by atoms with Crippen molar-refractivity contribution in [1.82, 2.24) is 5.32 Å². The van der Waals surface area contributed by atoms with Crippen molar-refractivity contribution < 1.29 is 19.1 Å². The van der Waals surface area contributed by atoms with Gasteiger partial charge in [0.1, 0.15) is 5.75 Å². The molecule has 30 heavy (non-hydrogen) atoms. The Hall–Kier alpha value is -2.86. The van der Waals surface area contributed by atoms with Gasteiger partial charge >= 0.3 is 0 Å². The summed E-state index contributed by atoms with van der Waals surface area (Å²) in [6.45, 7) is 2.81. The summed E-state index contributed by atoms with van der Waals surface area (Å²) in [6, 6.07) is 13.0. The van der Waals surface area contributed by atoms with E-state index < -0.39 is 6.10 Å². The highest BCUT2D eigenvalue weighted by atomic mass is 16.5. The molecule has 0 bridgehead atoms. The molecule has 0 aliphatic heterocycles. The standard InChI is InChI=1S/C24H30N2O4/c1-17(30-22-14-7-10-18-9-3-4-11-19(18)22)23(27)26-21-13-6-5-12-20(21)24(28)25-15-8-16-29-2/h5-7,10,12-14,17H,3-4,8-9,11,15-16H2,1-2H3,(H,25,28)(H,26,27)/t17-/m0/s1. The molecule has 2 amide bonds. The molecule has 0 saturated heterocycles. The van der Waals surface area contributed by atoms with E-state index in [1.165, 1.54) is 17.5 Å². The lowest BCUT2D eigenvalue weighted by Gasteiger charge is -2.22. The minimum Gasteiger partial charge on any atom is -0.481 e. The van der Waals surface area contributed by atoms with Crippen molar-refractivity contribution in [1.29, 1.82) is 0 Å². The average molecular weight is 411 g/mol. The molecular formula is C24H30N2O4. The number of carbonyl (C=O) groups is 2. The number of ether oxygens (including phenoxy) is 2. The Bertz CT molecular complexity index is 881. The van der Waals surface area contributed by atoms with Crippen LogP contribution >= 0.6 is 0 Å². The summed E-state index contributed by atoms with van der Waals surface area (Å²) in [5, 5.41) is 5.69. The van der Waals surface area contributed by atoms with Crippen LogP contribution in [-0.4, -0.2) is 38.2 Å². The van der Waals surface area contributed by atoms with E-state index >= 15 is 0 Å². The van der Waals surface area contributed by atoms with Gasteiger partial charge in [-0.25, -0.2) is 0 Å². The largest absolute Gasteiger partial charge is 0.481 e. The summed E-state index contributed by atoms with van der Waals surface area (Å²) >= 11 is 0. The Labute approximate surface area is 178 Å². The van der Waals surface area contributed by atoms with Crippen molar-refractivity contribution in [3.63, 3.8) is 0 Å². The number of amides is 2. The Balaban J connectivity index is 1.64. The number of nitrogens with one attached hydrogen (secondary N) is 2. The van der Waals surface area contributed by atoms with Crippen molar-refractivity contribution in [2.75, 3.05) is 25.6 Å². The number of hydrogen-bond acceptors (Lipinski definition) is 4. The van der Waals surface area contributed by atoms with Crippen LogP contribution < -0.4 is 15.4 Å². The summed E-state index contributed by atoms with van der Waals surface area (Å²) in [5.74, 6) is 0.259. The number of benzene rings is 2. The molecule has 1 aliphatic rings. The van der Waals surface area contributed by atoms with Gasteiger partial charge in [-0.15, -0.1) is 0 Å². The molecule has 160 valence electrons. The molecule has 0 aromatic heterocycles. The van der Waals surface area contributed by atoms with E-state index in [2.05, 4.69) is 16.7 Å². The molecule has 3 rings (SSSR count). The summed E-state index contributed by atoms with van der Waals surface area (Å²) in [5.41, 5.74) is 3.41.